The van der Waals surface area contributed by atoms with Crippen molar-refractivity contribution in [3.05, 3.63) is 69.6 Å². The molecule has 0 aliphatic rings. The van der Waals surface area contributed by atoms with Gasteiger partial charge in [-0.1, -0.05) is 12.1 Å². The molecule has 0 atom stereocenters. The van der Waals surface area contributed by atoms with Gasteiger partial charge in [-0.15, -0.1) is 0 Å². The lowest BCUT2D eigenvalue weighted by Gasteiger charge is -2.10. The zero-order valence-corrected chi connectivity index (χ0v) is 16.2. The summed E-state index contributed by atoms with van der Waals surface area (Å²) >= 11 is 0. The maximum atomic E-state index is 12.4. The second kappa shape index (κ2) is 8.71. The van der Waals surface area contributed by atoms with Crippen LogP contribution in [0.25, 0.3) is 11.0 Å². The second-order valence-electron chi connectivity index (χ2n) is 6.54. The molecule has 0 aliphatic heterocycles. The summed E-state index contributed by atoms with van der Waals surface area (Å²) in [5, 5.41) is 3.69. The van der Waals surface area contributed by atoms with Crippen molar-refractivity contribution in [2.24, 2.45) is 0 Å². The van der Waals surface area contributed by atoms with E-state index in [9.17, 15) is 9.59 Å². The van der Waals surface area contributed by atoms with E-state index in [-0.39, 0.29) is 12.3 Å². The van der Waals surface area contributed by atoms with Crippen molar-refractivity contribution in [3.8, 4) is 5.75 Å². The first-order chi connectivity index (χ1) is 13.5. The molecule has 0 unspecified atom stereocenters. The van der Waals surface area contributed by atoms with Gasteiger partial charge < -0.3 is 19.2 Å². The minimum Gasteiger partial charge on any atom is -0.497 e. The summed E-state index contributed by atoms with van der Waals surface area (Å²) in [4.78, 5) is 24.7. The molecular weight excluding hydrogens is 358 g/mol. The van der Waals surface area contributed by atoms with Gasteiger partial charge in [0.1, 0.15) is 11.3 Å². The maximum absolute atomic E-state index is 12.4. The van der Waals surface area contributed by atoms with E-state index in [4.69, 9.17) is 13.9 Å². The molecule has 0 radical (unpaired) electrons. The molecule has 3 rings (SSSR count). The van der Waals surface area contributed by atoms with E-state index in [1.54, 1.807) is 20.3 Å². The first kappa shape index (κ1) is 19.6. The van der Waals surface area contributed by atoms with E-state index in [0.717, 1.165) is 16.5 Å². The molecule has 1 N–H and O–H groups in total. The highest BCUT2D eigenvalue weighted by molar-refractivity contribution is 5.91. The summed E-state index contributed by atoms with van der Waals surface area (Å²) in [5.74, 6) is 0.459. The van der Waals surface area contributed by atoms with Crippen LogP contribution < -0.4 is 15.7 Å². The van der Waals surface area contributed by atoms with E-state index < -0.39 is 5.63 Å². The smallest absolute Gasteiger partial charge is 0.339 e. The van der Waals surface area contributed by atoms with Crippen LogP contribution in [0.5, 0.6) is 5.75 Å². The quantitative estimate of drug-likeness (QED) is 0.630. The Morgan fingerprint density at radius 2 is 1.96 bits per heavy atom. The van der Waals surface area contributed by atoms with Gasteiger partial charge in [0, 0.05) is 36.2 Å². The molecule has 1 heterocycles. The zero-order valence-electron chi connectivity index (χ0n) is 16.2. The molecule has 3 aromatic rings. The molecule has 1 amide bonds. The first-order valence-corrected chi connectivity index (χ1v) is 9.00. The van der Waals surface area contributed by atoms with Gasteiger partial charge in [0.2, 0.25) is 5.91 Å². The highest BCUT2D eigenvalue weighted by Gasteiger charge is 2.14. The number of nitrogens with one attached hydrogen (secondary N) is 1. The monoisotopic (exact) mass is 381 g/mol. The largest absolute Gasteiger partial charge is 0.497 e. The lowest BCUT2D eigenvalue weighted by molar-refractivity contribution is -0.116. The molecule has 1 aromatic heterocycles. The number of benzene rings is 2. The molecule has 146 valence electrons. The first-order valence-electron chi connectivity index (χ1n) is 9.00. The molecule has 0 saturated carbocycles. The summed E-state index contributed by atoms with van der Waals surface area (Å²) < 4.78 is 15.7. The van der Waals surface area contributed by atoms with Gasteiger partial charge in [-0.2, -0.15) is 0 Å². The van der Waals surface area contributed by atoms with Crippen LogP contribution in [-0.4, -0.2) is 20.1 Å². The minimum atomic E-state index is -0.423. The van der Waals surface area contributed by atoms with Crippen LogP contribution in [0.3, 0.4) is 0 Å². The Bertz CT molecular complexity index is 1050. The topological polar surface area (TPSA) is 77.8 Å². The highest BCUT2D eigenvalue weighted by Crippen LogP contribution is 2.24. The number of ether oxygens (including phenoxy) is 2. The van der Waals surface area contributed by atoms with E-state index in [1.165, 1.54) is 0 Å². The fourth-order valence-corrected chi connectivity index (χ4v) is 3.16. The minimum absolute atomic E-state index is 0.164. The molecule has 0 spiro atoms. The summed E-state index contributed by atoms with van der Waals surface area (Å²) in [6.07, 6.45) is 0.488. The molecule has 0 fully saturated rings. The molecule has 0 bridgehead atoms. The van der Waals surface area contributed by atoms with Crippen LogP contribution in [0.4, 0.5) is 5.69 Å². The Balaban J connectivity index is 1.73. The molecule has 6 heteroatoms. The van der Waals surface area contributed by atoms with Crippen LogP contribution in [0.15, 0.2) is 51.7 Å². The molecule has 2 aromatic carbocycles. The summed E-state index contributed by atoms with van der Waals surface area (Å²) in [6.45, 7) is 2.35. The maximum Gasteiger partial charge on any atom is 0.339 e. The van der Waals surface area contributed by atoms with Gasteiger partial charge >= 0.3 is 5.63 Å². The number of fused-ring (bicyclic) bond motifs is 1. The number of carbonyl (C=O) groups is 1. The van der Waals surface area contributed by atoms with Crippen LogP contribution >= 0.6 is 0 Å². The van der Waals surface area contributed by atoms with Crippen molar-refractivity contribution in [1.82, 2.24) is 0 Å². The van der Waals surface area contributed by atoms with E-state index >= 15 is 0 Å². The number of methoxy groups -OCH3 is 2. The van der Waals surface area contributed by atoms with Crippen molar-refractivity contribution in [1.29, 1.82) is 0 Å². The lowest BCUT2D eigenvalue weighted by atomic mass is 10.0. The average molecular weight is 381 g/mol. The fraction of sp³-hybridized carbons (Fsp3) is 0.273. The van der Waals surface area contributed by atoms with Gasteiger partial charge in [0.25, 0.3) is 0 Å². The Labute approximate surface area is 163 Å². The molecule has 28 heavy (non-hydrogen) atoms. The van der Waals surface area contributed by atoms with Crippen molar-refractivity contribution >= 4 is 22.6 Å². The number of hydrogen-bond acceptors (Lipinski definition) is 5. The number of rotatable bonds is 7. The average Bonchev–Trinajstić information content (AvgIpc) is 2.68. The number of aryl methyl sites for hydroxylation is 1. The van der Waals surface area contributed by atoms with Gasteiger partial charge in [0.15, 0.2) is 0 Å². The summed E-state index contributed by atoms with van der Waals surface area (Å²) in [6, 6.07) is 12.8. The van der Waals surface area contributed by atoms with Gasteiger partial charge in [-0.05, 0) is 48.7 Å². The van der Waals surface area contributed by atoms with Crippen LogP contribution in [-0.2, 0) is 22.6 Å². The Kier molecular flexibility index (Phi) is 6.11. The third-order valence-corrected chi connectivity index (χ3v) is 4.62. The Morgan fingerprint density at radius 1 is 1.14 bits per heavy atom. The van der Waals surface area contributed by atoms with Crippen molar-refractivity contribution in [3.63, 3.8) is 0 Å². The van der Waals surface area contributed by atoms with E-state index in [0.29, 0.717) is 35.6 Å². The number of amides is 1. The highest BCUT2D eigenvalue weighted by atomic mass is 16.5. The van der Waals surface area contributed by atoms with E-state index in [2.05, 4.69) is 5.32 Å². The normalized spacial score (nSPS) is 10.8. The summed E-state index contributed by atoms with van der Waals surface area (Å²) in [7, 11) is 3.18. The lowest BCUT2D eigenvalue weighted by Crippen LogP contribution is -2.16. The van der Waals surface area contributed by atoms with E-state index in [1.807, 2.05) is 43.3 Å². The Morgan fingerprint density at radius 3 is 2.71 bits per heavy atom. The fourth-order valence-electron chi connectivity index (χ4n) is 3.16. The third kappa shape index (κ3) is 4.40. The molecule has 0 saturated heterocycles. The van der Waals surface area contributed by atoms with Gasteiger partial charge in [-0.25, -0.2) is 4.79 Å². The standard InChI is InChI=1S/C22H23NO5/c1-14-18-8-7-17(27-3)12-20(18)28-22(25)19(14)9-10-21(24)23-16-6-4-5-15(11-16)13-26-2/h4-8,11-12H,9-10,13H2,1-3H3,(H,23,24). The number of carbonyl (C=O) groups excluding carboxylic acids is 1. The zero-order chi connectivity index (χ0) is 20.1. The van der Waals surface area contributed by atoms with Crippen LogP contribution in [0.2, 0.25) is 0 Å². The second-order valence-corrected chi connectivity index (χ2v) is 6.54. The Hall–Kier alpha value is -3.12. The van der Waals surface area contributed by atoms with Crippen molar-refractivity contribution < 1.29 is 18.7 Å². The SMILES string of the molecule is COCc1cccc(NC(=O)CCc2c(C)c3ccc(OC)cc3oc2=O)c1. The van der Waals surface area contributed by atoms with Crippen LogP contribution in [0.1, 0.15) is 23.1 Å². The molecule has 0 aliphatic carbocycles. The molecule has 6 nitrogen and oxygen atoms in total. The predicted octanol–water partition coefficient (Wildman–Crippen LogP) is 3.83. The molecular formula is C22H23NO5. The van der Waals surface area contributed by atoms with Gasteiger partial charge in [-0.3, -0.25) is 4.79 Å². The number of anilines is 1. The third-order valence-electron chi connectivity index (χ3n) is 4.62. The van der Waals surface area contributed by atoms with Gasteiger partial charge in [0.05, 0.1) is 13.7 Å². The predicted molar refractivity (Wildman–Crippen MR) is 108 cm³/mol. The van der Waals surface area contributed by atoms with Crippen molar-refractivity contribution in [2.45, 2.75) is 26.4 Å². The summed E-state index contributed by atoms with van der Waals surface area (Å²) in [5.41, 5.74) is 3.07. The van der Waals surface area contributed by atoms with Crippen LogP contribution in [0, 0.1) is 6.92 Å². The number of hydrogen-bond donors (Lipinski definition) is 1. The van der Waals surface area contributed by atoms with Crippen molar-refractivity contribution in [2.75, 3.05) is 19.5 Å².